The largest absolute Gasteiger partial charge is 0.493 e. The molecule has 41 heavy (non-hydrogen) atoms. The van der Waals surface area contributed by atoms with Crippen LogP contribution in [0.2, 0.25) is 0 Å². The molecule has 0 aliphatic carbocycles. The molecule has 0 aromatic heterocycles. The molecule has 220 valence electrons. The molecule has 8 nitrogen and oxygen atoms in total. The average molecular weight is 565 g/mol. The summed E-state index contributed by atoms with van der Waals surface area (Å²) in [6.45, 7) is 0.407. The van der Waals surface area contributed by atoms with Crippen LogP contribution < -0.4 is 28.4 Å². The molecule has 3 aromatic carbocycles. The van der Waals surface area contributed by atoms with Gasteiger partial charge in [-0.1, -0.05) is 30.4 Å². The van der Waals surface area contributed by atoms with Gasteiger partial charge >= 0.3 is 0 Å². The van der Waals surface area contributed by atoms with Gasteiger partial charge in [-0.2, -0.15) is 0 Å². The van der Waals surface area contributed by atoms with Crippen molar-refractivity contribution in [3.05, 3.63) is 77.4 Å². The minimum Gasteiger partial charge on any atom is -0.493 e. The number of hydrogen-bond acceptors (Lipinski definition) is 8. The van der Waals surface area contributed by atoms with Crippen molar-refractivity contribution in [2.75, 3.05) is 49.3 Å². The molecule has 1 aliphatic rings. The summed E-state index contributed by atoms with van der Waals surface area (Å²) in [4.78, 5) is 0. The van der Waals surface area contributed by atoms with Crippen LogP contribution in [0, 0.1) is 11.8 Å². The van der Waals surface area contributed by atoms with E-state index in [1.165, 1.54) is 0 Å². The lowest BCUT2D eigenvalue weighted by Crippen LogP contribution is -2.32. The number of methoxy groups -OCH3 is 6. The second-order valence-electron chi connectivity index (χ2n) is 9.94. The van der Waals surface area contributed by atoms with Crippen LogP contribution in [0.3, 0.4) is 0 Å². The van der Waals surface area contributed by atoms with E-state index in [4.69, 9.17) is 33.2 Å². The maximum atomic E-state index is 11.4. The fraction of sp³-hybridized carbons (Fsp3) is 0.394. The fourth-order valence-electron chi connectivity index (χ4n) is 5.43. The quantitative estimate of drug-likeness (QED) is 0.276. The molecule has 3 aromatic rings. The summed E-state index contributed by atoms with van der Waals surface area (Å²) in [6.07, 6.45) is 4.81. The van der Waals surface area contributed by atoms with Gasteiger partial charge in [0.05, 0.1) is 61.5 Å². The van der Waals surface area contributed by atoms with Crippen molar-refractivity contribution in [1.82, 2.24) is 0 Å². The minimum atomic E-state index is -0.724. The molecule has 0 bridgehead atoms. The van der Waals surface area contributed by atoms with Gasteiger partial charge in [-0.05, 0) is 71.8 Å². The first-order valence-electron chi connectivity index (χ1n) is 13.6. The van der Waals surface area contributed by atoms with Crippen molar-refractivity contribution < 1.29 is 38.3 Å². The highest BCUT2D eigenvalue weighted by Crippen LogP contribution is 2.44. The lowest BCUT2D eigenvalue weighted by Gasteiger charge is -2.38. The van der Waals surface area contributed by atoms with Crippen molar-refractivity contribution in [1.29, 1.82) is 0 Å². The second kappa shape index (κ2) is 14.1. The van der Waals surface area contributed by atoms with E-state index >= 15 is 0 Å². The van der Waals surface area contributed by atoms with E-state index in [1.807, 2.05) is 54.6 Å². The van der Waals surface area contributed by atoms with Crippen LogP contribution in [0.25, 0.3) is 6.08 Å². The maximum absolute atomic E-state index is 11.4. The molecule has 1 aliphatic heterocycles. The molecule has 0 amide bonds. The van der Waals surface area contributed by atoms with Crippen LogP contribution in [0.4, 0.5) is 0 Å². The SMILES string of the molecule is COc1ccc(/C=C/C[C@H]2C[C@H]([C@@H](O)c3ccc(OC)c(OC)c3)CO[C@@H]2c2ccc(OC)c(OC)c2)cc1OC. The zero-order chi connectivity index (χ0) is 29.4. The Hall–Kier alpha value is -3.88. The summed E-state index contributed by atoms with van der Waals surface area (Å²) < 4.78 is 39.1. The first-order valence-corrected chi connectivity index (χ1v) is 13.6. The topological polar surface area (TPSA) is 84.8 Å². The highest BCUT2D eigenvalue weighted by Gasteiger charge is 2.36. The molecule has 1 N–H and O–H groups in total. The number of hydrogen-bond donors (Lipinski definition) is 1. The van der Waals surface area contributed by atoms with Crippen molar-refractivity contribution in [2.24, 2.45) is 11.8 Å². The van der Waals surface area contributed by atoms with Gasteiger partial charge in [0.15, 0.2) is 34.5 Å². The molecule has 0 unspecified atom stereocenters. The van der Waals surface area contributed by atoms with Gasteiger partial charge in [-0.25, -0.2) is 0 Å². The number of aliphatic hydroxyl groups is 1. The first-order chi connectivity index (χ1) is 20.0. The first kappa shape index (κ1) is 30.1. The van der Waals surface area contributed by atoms with Crippen LogP contribution in [-0.4, -0.2) is 54.4 Å². The smallest absolute Gasteiger partial charge is 0.161 e. The summed E-state index contributed by atoms with van der Waals surface area (Å²) >= 11 is 0. The minimum absolute atomic E-state index is 0.0954. The van der Waals surface area contributed by atoms with E-state index in [1.54, 1.807) is 42.7 Å². The van der Waals surface area contributed by atoms with Gasteiger partial charge in [0.2, 0.25) is 0 Å². The third kappa shape index (κ3) is 6.89. The van der Waals surface area contributed by atoms with Crippen LogP contribution >= 0.6 is 0 Å². The molecule has 1 fully saturated rings. The zero-order valence-electron chi connectivity index (χ0n) is 24.6. The van der Waals surface area contributed by atoms with Crippen LogP contribution in [-0.2, 0) is 4.74 Å². The van der Waals surface area contributed by atoms with Crippen molar-refractivity contribution in [3.63, 3.8) is 0 Å². The van der Waals surface area contributed by atoms with Gasteiger partial charge in [-0.15, -0.1) is 0 Å². The summed E-state index contributed by atoms with van der Waals surface area (Å²) in [5, 5.41) is 11.4. The number of allylic oxidation sites excluding steroid dienone is 1. The van der Waals surface area contributed by atoms with Gasteiger partial charge in [0.25, 0.3) is 0 Å². The molecule has 4 rings (SSSR count). The molecule has 1 heterocycles. The van der Waals surface area contributed by atoms with Gasteiger partial charge in [-0.3, -0.25) is 0 Å². The third-order valence-corrected chi connectivity index (χ3v) is 7.61. The number of rotatable bonds is 12. The number of ether oxygens (including phenoxy) is 7. The highest BCUT2D eigenvalue weighted by atomic mass is 16.5. The maximum Gasteiger partial charge on any atom is 0.161 e. The third-order valence-electron chi connectivity index (χ3n) is 7.61. The molecule has 0 spiro atoms. The lowest BCUT2D eigenvalue weighted by molar-refractivity contribution is -0.0901. The molecule has 0 saturated carbocycles. The Morgan fingerprint density at radius 3 is 1.93 bits per heavy atom. The standard InChI is InChI=1S/C33H40O8/c1-35-26-13-10-21(16-29(26)38-4)8-7-9-23-17-25(32(34)22-11-14-27(36-2)30(18-22)39-5)20-41-33(23)24-12-15-28(37-3)31(19-24)40-6/h7-8,10-16,18-19,23,25,32-34H,9,17,20H2,1-6H3/b8-7+/t23-,25-,32-,33-/m0/s1. The number of benzene rings is 3. The van der Waals surface area contributed by atoms with Crippen LogP contribution in [0.5, 0.6) is 34.5 Å². The summed E-state index contributed by atoms with van der Waals surface area (Å²) in [5.74, 6) is 3.87. The molecule has 8 heteroatoms. The predicted octanol–water partition coefficient (Wildman–Crippen LogP) is 6.27. The summed E-state index contributed by atoms with van der Waals surface area (Å²) in [6, 6.07) is 17.2. The highest BCUT2D eigenvalue weighted by molar-refractivity contribution is 5.56. The Labute approximate surface area is 242 Å². The molecule has 0 radical (unpaired) electrons. The van der Waals surface area contributed by atoms with E-state index in [0.717, 1.165) is 29.5 Å². The summed E-state index contributed by atoms with van der Waals surface area (Å²) in [5.41, 5.74) is 2.77. The van der Waals surface area contributed by atoms with E-state index in [9.17, 15) is 5.11 Å². The Morgan fingerprint density at radius 2 is 1.29 bits per heavy atom. The summed E-state index contributed by atoms with van der Waals surface area (Å²) in [7, 11) is 9.68. The van der Waals surface area contributed by atoms with Crippen molar-refractivity contribution in [3.8, 4) is 34.5 Å². The molecular formula is C33H40O8. The van der Waals surface area contributed by atoms with E-state index in [2.05, 4.69) is 12.2 Å². The van der Waals surface area contributed by atoms with Gasteiger partial charge < -0.3 is 38.3 Å². The van der Waals surface area contributed by atoms with E-state index in [0.29, 0.717) is 41.1 Å². The Bertz CT molecular complexity index is 1320. The van der Waals surface area contributed by atoms with Crippen LogP contribution in [0.1, 0.15) is 41.7 Å². The van der Waals surface area contributed by atoms with Crippen molar-refractivity contribution >= 4 is 6.08 Å². The average Bonchev–Trinajstić information content (AvgIpc) is 3.03. The van der Waals surface area contributed by atoms with E-state index in [-0.39, 0.29) is 17.9 Å². The van der Waals surface area contributed by atoms with Crippen molar-refractivity contribution in [2.45, 2.75) is 25.0 Å². The Morgan fingerprint density at radius 1 is 0.732 bits per heavy atom. The normalized spacial score (nSPS) is 19.4. The lowest BCUT2D eigenvalue weighted by atomic mass is 9.79. The van der Waals surface area contributed by atoms with Gasteiger partial charge in [0, 0.05) is 5.92 Å². The number of aliphatic hydroxyl groups excluding tert-OH is 1. The second-order valence-corrected chi connectivity index (χ2v) is 9.94. The molecule has 4 atom stereocenters. The monoisotopic (exact) mass is 564 g/mol. The molecular weight excluding hydrogens is 524 g/mol. The van der Waals surface area contributed by atoms with Crippen LogP contribution in [0.15, 0.2) is 60.7 Å². The predicted molar refractivity (Wildman–Crippen MR) is 158 cm³/mol. The van der Waals surface area contributed by atoms with E-state index < -0.39 is 6.10 Å². The molecule has 1 saturated heterocycles. The fourth-order valence-corrected chi connectivity index (χ4v) is 5.43. The zero-order valence-corrected chi connectivity index (χ0v) is 24.6. The Kier molecular flexibility index (Phi) is 10.4. The Balaban J connectivity index is 1.59. The van der Waals surface area contributed by atoms with Gasteiger partial charge in [0.1, 0.15) is 0 Å².